The van der Waals surface area contributed by atoms with Crippen LogP contribution in [-0.4, -0.2) is 5.84 Å². The number of para-hydroxylation sites is 1. The molecule has 1 aliphatic heterocycles. The van der Waals surface area contributed by atoms with Crippen LogP contribution in [0.2, 0.25) is 0 Å². The number of benzene rings is 7. The van der Waals surface area contributed by atoms with E-state index in [0.717, 1.165) is 44.5 Å². The minimum Gasteiger partial charge on any atom is -0.455 e. The maximum Gasteiger partial charge on any atom is 0.143 e. The third-order valence-electron chi connectivity index (χ3n) is 9.55. The van der Waals surface area contributed by atoms with Crippen molar-refractivity contribution in [2.75, 3.05) is 0 Å². The van der Waals surface area contributed by atoms with Gasteiger partial charge in [0.15, 0.2) is 0 Å². The van der Waals surface area contributed by atoms with Crippen LogP contribution >= 0.6 is 11.3 Å². The summed E-state index contributed by atoms with van der Waals surface area (Å²) in [6.07, 6.45) is -0.328. The van der Waals surface area contributed by atoms with Crippen LogP contribution in [0.5, 0.6) is 0 Å². The molecule has 4 nitrogen and oxygen atoms in total. The number of thiophene rings is 1. The van der Waals surface area contributed by atoms with Crippen LogP contribution in [0.4, 0.5) is 0 Å². The molecule has 7 aromatic carbocycles. The molecule has 5 heteroatoms. The Morgan fingerprint density at radius 2 is 1.23 bits per heavy atom. The minimum absolute atomic E-state index is 0.143. The summed E-state index contributed by atoms with van der Waals surface area (Å²) in [6, 6.07) is 53.6. The highest BCUT2D eigenvalue weighted by Crippen LogP contribution is 2.45. The fourth-order valence-electron chi connectivity index (χ4n) is 7.24. The van der Waals surface area contributed by atoms with Crippen molar-refractivity contribution in [1.82, 2.24) is 10.6 Å². The van der Waals surface area contributed by atoms with E-state index in [1.807, 2.05) is 23.5 Å². The third-order valence-corrected chi connectivity index (χ3v) is 10.9. The average molecular weight is 636 g/mol. The molecule has 2 unspecified atom stereocenters. The second-order valence-electron chi connectivity index (χ2n) is 12.4. The van der Waals surface area contributed by atoms with Crippen LogP contribution in [0.25, 0.3) is 64.0 Å². The van der Waals surface area contributed by atoms with Gasteiger partial charge in [-0.25, -0.2) is 4.99 Å². The summed E-state index contributed by atoms with van der Waals surface area (Å²) >= 11 is 1.85. The van der Waals surface area contributed by atoms with Gasteiger partial charge in [-0.15, -0.1) is 11.3 Å². The number of furan rings is 1. The third kappa shape index (κ3) is 4.36. The van der Waals surface area contributed by atoms with Crippen molar-refractivity contribution in [3.63, 3.8) is 0 Å². The lowest BCUT2D eigenvalue weighted by atomic mass is 9.99. The van der Waals surface area contributed by atoms with Gasteiger partial charge in [-0.05, 0) is 28.5 Å². The van der Waals surface area contributed by atoms with Gasteiger partial charge < -0.3 is 9.73 Å². The molecular formula is C43H29N3OS. The van der Waals surface area contributed by atoms with Crippen molar-refractivity contribution in [3.05, 3.63) is 168 Å². The van der Waals surface area contributed by atoms with E-state index in [0.29, 0.717) is 0 Å². The predicted octanol–water partition coefficient (Wildman–Crippen LogP) is 11.1. The number of amidine groups is 1. The first-order chi connectivity index (χ1) is 23.8. The first kappa shape index (κ1) is 27.4. The largest absolute Gasteiger partial charge is 0.455 e. The van der Waals surface area contributed by atoms with Crippen molar-refractivity contribution in [2.24, 2.45) is 4.99 Å². The van der Waals surface area contributed by atoms with E-state index in [2.05, 4.69) is 150 Å². The maximum atomic E-state index is 6.67. The van der Waals surface area contributed by atoms with Gasteiger partial charge >= 0.3 is 0 Å². The zero-order chi connectivity index (χ0) is 31.6. The fourth-order valence-corrected chi connectivity index (χ4v) is 8.62. The molecular weight excluding hydrogens is 607 g/mol. The summed E-state index contributed by atoms with van der Waals surface area (Å²) in [6.45, 7) is 0. The normalized spacial score (nSPS) is 16.5. The maximum absolute atomic E-state index is 6.67. The SMILES string of the molecule is c1ccc(C2=NC(c3ccccc3)NC(c3cccc4c3sc3c(-c5cccc6c5oc5cc7ccccc7cc56)cccc34)N2)cc1. The van der Waals surface area contributed by atoms with Gasteiger partial charge in [0.2, 0.25) is 0 Å². The first-order valence-electron chi connectivity index (χ1n) is 16.3. The summed E-state index contributed by atoms with van der Waals surface area (Å²) in [5.41, 5.74) is 7.56. The standard InChI is InChI=1S/C43H29N3OS/c1-3-12-26(13-4-1)41-44-42(27-14-5-2-6-15-27)46-43(45-41)35-23-11-22-34-33-21-10-20-32(39(33)48-40(34)35)30-18-9-19-31-36-24-28-16-7-8-17-29(28)25-37(36)47-38(30)31/h1-25,41,43,45H,(H,44,46). The molecule has 0 saturated heterocycles. The highest BCUT2D eigenvalue weighted by atomic mass is 32.1. The molecule has 0 fully saturated rings. The number of rotatable bonds is 4. The molecule has 2 N–H and O–H groups in total. The number of hydrogen-bond acceptors (Lipinski definition) is 5. The molecule has 1 aliphatic rings. The highest BCUT2D eigenvalue weighted by molar-refractivity contribution is 7.26. The molecule has 10 rings (SSSR count). The van der Waals surface area contributed by atoms with E-state index in [1.54, 1.807) is 0 Å². The smallest absolute Gasteiger partial charge is 0.143 e. The molecule has 2 aromatic heterocycles. The van der Waals surface area contributed by atoms with E-state index in [9.17, 15) is 0 Å². The zero-order valence-corrected chi connectivity index (χ0v) is 26.7. The van der Waals surface area contributed by atoms with Gasteiger partial charge in [0.25, 0.3) is 0 Å². The van der Waals surface area contributed by atoms with Crippen LogP contribution in [-0.2, 0) is 0 Å². The Morgan fingerprint density at radius 1 is 0.562 bits per heavy atom. The lowest BCUT2D eigenvalue weighted by molar-refractivity contribution is 0.411. The summed E-state index contributed by atoms with van der Waals surface area (Å²) in [5, 5.41) is 14.8. The van der Waals surface area contributed by atoms with E-state index in [1.165, 1.54) is 42.1 Å². The van der Waals surface area contributed by atoms with Crippen LogP contribution in [0.3, 0.4) is 0 Å². The lowest BCUT2D eigenvalue weighted by Gasteiger charge is -2.32. The van der Waals surface area contributed by atoms with Crippen LogP contribution in [0.15, 0.2) is 161 Å². The van der Waals surface area contributed by atoms with E-state index >= 15 is 0 Å². The number of hydrogen-bond donors (Lipinski definition) is 2. The van der Waals surface area contributed by atoms with Gasteiger partial charge in [-0.2, -0.15) is 0 Å². The van der Waals surface area contributed by atoms with E-state index in [-0.39, 0.29) is 12.3 Å². The van der Waals surface area contributed by atoms with Gasteiger partial charge in [-0.1, -0.05) is 140 Å². The Morgan fingerprint density at radius 3 is 2.04 bits per heavy atom. The topological polar surface area (TPSA) is 49.6 Å². The highest BCUT2D eigenvalue weighted by Gasteiger charge is 2.27. The number of nitrogens with one attached hydrogen (secondary N) is 2. The number of nitrogens with zero attached hydrogens (tertiary/aromatic N) is 1. The lowest BCUT2D eigenvalue weighted by Crippen LogP contribution is -2.45. The Bertz CT molecular complexity index is 2690. The summed E-state index contributed by atoms with van der Waals surface area (Å²) < 4.78 is 9.18. The molecule has 3 heterocycles. The van der Waals surface area contributed by atoms with Crippen molar-refractivity contribution >= 4 is 70.1 Å². The monoisotopic (exact) mass is 635 g/mol. The molecule has 0 amide bonds. The van der Waals surface area contributed by atoms with Crippen molar-refractivity contribution in [1.29, 1.82) is 0 Å². The van der Waals surface area contributed by atoms with Gasteiger partial charge in [-0.3, -0.25) is 5.32 Å². The Hall–Kier alpha value is -5.75. The van der Waals surface area contributed by atoms with Gasteiger partial charge in [0.1, 0.15) is 29.3 Å². The quantitative estimate of drug-likeness (QED) is 0.202. The molecule has 228 valence electrons. The van der Waals surface area contributed by atoms with Crippen LogP contribution < -0.4 is 10.6 Å². The second kappa shape index (κ2) is 10.9. The van der Waals surface area contributed by atoms with Gasteiger partial charge in [0, 0.05) is 53.2 Å². The van der Waals surface area contributed by atoms with Crippen LogP contribution in [0.1, 0.15) is 29.0 Å². The molecule has 9 aromatic rings. The summed E-state index contributed by atoms with van der Waals surface area (Å²) in [7, 11) is 0. The second-order valence-corrected chi connectivity index (χ2v) is 13.4. The first-order valence-corrected chi connectivity index (χ1v) is 17.1. The number of aliphatic imine (C=N–C) groups is 1. The summed E-state index contributed by atoms with van der Waals surface area (Å²) in [5.74, 6) is 0.885. The van der Waals surface area contributed by atoms with Gasteiger partial charge in [0.05, 0.1) is 0 Å². The summed E-state index contributed by atoms with van der Waals surface area (Å²) in [4.78, 5) is 5.13. The Labute approximate surface area is 281 Å². The van der Waals surface area contributed by atoms with E-state index in [4.69, 9.17) is 9.41 Å². The number of fused-ring (bicyclic) bond motifs is 7. The fraction of sp³-hybridized carbons (Fsp3) is 0.0465. The van der Waals surface area contributed by atoms with Crippen LogP contribution in [0, 0.1) is 0 Å². The molecule has 0 saturated carbocycles. The molecule has 0 radical (unpaired) electrons. The van der Waals surface area contributed by atoms with Crippen molar-refractivity contribution in [2.45, 2.75) is 12.3 Å². The van der Waals surface area contributed by atoms with E-state index < -0.39 is 0 Å². The molecule has 0 spiro atoms. The molecule has 2 atom stereocenters. The Balaban J connectivity index is 1.13. The molecule has 48 heavy (non-hydrogen) atoms. The molecule has 0 aliphatic carbocycles. The molecule has 0 bridgehead atoms. The minimum atomic E-state index is -0.185. The van der Waals surface area contributed by atoms with Crippen molar-refractivity contribution in [3.8, 4) is 11.1 Å². The predicted molar refractivity (Wildman–Crippen MR) is 201 cm³/mol. The average Bonchev–Trinajstić information content (AvgIpc) is 3.72. The Kier molecular flexibility index (Phi) is 6.22. The zero-order valence-electron chi connectivity index (χ0n) is 25.9. The van der Waals surface area contributed by atoms with Crippen molar-refractivity contribution < 1.29 is 4.42 Å².